The molecule has 16 heavy (non-hydrogen) atoms. The lowest BCUT2D eigenvalue weighted by Crippen LogP contribution is -2.25. The molecule has 0 radical (unpaired) electrons. The smallest absolute Gasteiger partial charge is 0.168 e. The Bertz CT molecular complexity index is 400. The van der Waals surface area contributed by atoms with Gasteiger partial charge in [0.15, 0.2) is 5.78 Å². The number of nitrogen functional groups attached to an aromatic ring is 1. The van der Waals surface area contributed by atoms with Crippen LogP contribution >= 0.6 is 11.6 Å². The van der Waals surface area contributed by atoms with Crippen LogP contribution in [0.4, 0.5) is 5.69 Å². The Morgan fingerprint density at radius 3 is 2.94 bits per heavy atom. The van der Waals surface area contributed by atoms with Crippen LogP contribution in [-0.4, -0.2) is 19.0 Å². The van der Waals surface area contributed by atoms with Crippen LogP contribution in [0.15, 0.2) is 18.2 Å². The van der Waals surface area contributed by atoms with E-state index in [9.17, 15) is 4.79 Å². The van der Waals surface area contributed by atoms with Gasteiger partial charge in [0.1, 0.15) is 0 Å². The number of benzene rings is 1. The van der Waals surface area contributed by atoms with Gasteiger partial charge in [-0.2, -0.15) is 0 Å². The second kappa shape index (κ2) is 4.85. The molecule has 1 heterocycles. The lowest BCUT2D eigenvalue weighted by Gasteiger charge is -2.20. The first kappa shape index (κ1) is 11.4. The molecule has 1 unspecified atom stereocenters. The number of nitrogens with two attached hydrogens (primary N) is 1. The molecule has 0 bridgehead atoms. The summed E-state index contributed by atoms with van der Waals surface area (Å²) in [6.07, 6.45) is 1.83. The third kappa shape index (κ3) is 2.36. The molecule has 1 aromatic carbocycles. The van der Waals surface area contributed by atoms with Gasteiger partial charge < -0.3 is 10.5 Å². The maximum Gasteiger partial charge on any atom is 0.168 e. The van der Waals surface area contributed by atoms with Gasteiger partial charge in [-0.1, -0.05) is 11.6 Å². The van der Waals surface area contributed by atoms with E-state index in [2.05, 4.69) is 0 Å². The lowest BCUT2D eigenvalue weighted by molar-refractivity contribution is 0.0461. The molecule has 2 rings (SSSR count). The molecule has 1 saturated heterocycles. The monoisotopic (exact) mass is 239 g/mol. The maximum absolute atomic E-state index is 12.1. The molecule has 1 fully saturated rings. The fraction of sp³-hybridized carbons (Fsp3) is 0.417. The van der Waals surface area contributed by atoms with E-state index in [1.807, 2.05) is 0 Å². The first-order chi connectivity index (χ1) is 7.68. The van der Waals surface area contributed by atoms with Crippen molar-refractivity contribution in [3.8, 4) is 0 Å². The van der Waals surface area contributed by atoms with Gasteiger partial charge in [0, 0.05) is 18.1 Å². The summed E-state index contributed by atoms with van der Waals surface area (Å²) in [6, 6.07) is 5.02. The van der Waals surface area contributed by atoms with Crippen molar-refractivity contribution in [2.24, 2.45) is 5.92 Å². The van der Waals surface area contributed by atoms with Crippen LogP contribution < -0.4 is 5.73 Å². The number of anilines is 1. The molecule has 0 saturated carbocycles. The minimum Gasteiger partial charge on any atom is -0.398 e. The number of hydrogen-bond donors (Lipinski definition) is 1. The number of ketones is 1. The van der Waals surface area contributed by atoms with Gasteiger partial charge in [0.2, 0.25) is 0 Å². The minimum absolute atomic E-state index is 0.0330. The highest BCUT2D eigenvalue weighted by Gasteiger charge is 2.23. The number of halogens is 1. The van der Waals surface area contributed by atoms with Crippen molar-refractivity contribution >= 4 is 23.1 Å². The Morgan fingerprint density at radius 1 is 1.50 bits per heavy atom. The molecule has 1 atom stereocenters. The quantitative estimate of drug-likeness (QED) is 0.637. The summed E-state index contributed by atoms with van der Waals surface area (Å²) in [5, 5.41) is 0.483. The third-order valence-corrected chi connectivity index (χ3v) is 3.16. The largest absolute Gasteiger partial charge is 0.398 e. The maximum atomic E-state index is 12.1. The van der Waals surface area contributed by atoms with Gasteiger partial charge in [0.05, 0.1) is 17.3 Å². The Labute approximate surface area is 99.5 Å². The first-order valence-corrected chi connectivity index (χ1v) is 5.73. The van der Waals surface area contributed by atoms with Gasteiger partial charge in [-0.15, -0.1) is 0 Å². The standard InChI is InChI=1S/C12H14ClNO2/c13-10-4-3-8(6-11(10)14)12(15)9-2-1-5-16-7-9/h3-4,6,9H,1-2,5,7,14H2. The minimum atomic E-state index is -0.0330. The molecular formula is C12H14ClNO2. The Hall–Kier alpha value is -1.06. The summed E-state index contributed by atoms with van der Waals surface area (Å²) >= 11 is 5.81. The molecule has 0 aromatic heterocycles. The Kier molecular flexibility index (Phi) is 3.46. The van der Waals surface area contributed by atoms with E-state index in [4.69, 9.17) is 22.1 Å². The molecule has 0 spiro atoms. The van der Waals surface area contributed by atoms with Gasteiger partial charge in [-0.3, -0.25) is 4.79 Å². The number of ether oxygens (including phenoxy) is 1. The summed E-state index contributed by atoms with van der Waals surface area (Å²) in [6.45, 7) is 1.27. The summed E-state index contributed by atoms with van der Waals surface area (Å²) in [7, 11) is 0. The average molecular weight is 240 g/mol. The van der Waals surface area contributed by atoms with Gasteiger partial charge in [-0.25, -0.2) is 0 Å². The highest BCUT2D eigenvalue weighted by Crippen LogP contribution is 2.24. The van der Waals surface area contributed by atoms with E-state index < -0.39 is 0 Å². The molecule has 1 aliphatic heterocycles. The number of rotatable bonds is 2. The summed E-state index contributed by atoms with van der Waals surface area (Å²) in [4.78, 5) is 12.1. The Morgan fingerprint density at radius 2 is 2.31 bits per heavy atom. The number of Topliss-reactive ketones (excluding diaryl/α,β-unsaturated/α-hetero) is 1. The van der Waals surface area contributed by atoms with Crippen molar-refractivity contribution in [1.29, 1.82) is 0 Å². The van der Waals surface area contributed by atoms with Crippen molar-refractivity contribution in [3.63, 3.8) is 0 Å². The average Bonchev–Trinajstić information content (AvgIpc) is 2.33. The van der Waals surface area contributed by atoms with Crippen molar-refractivity contribution in [2.45, 2.75) is 12.8 Å². The van der Waals surface area contributed by atoms with Gasteiger partial charge >= 0.3 is 0 Å². The molecular weight excluding hydrogens is 226 g/mol. The van der Waals surface area contributed by atoms with Gasteiger partial charge in [-0.05, 0) is 31.0 Å². The van der Waals surface area contributed by atoms with E-state index in [-0.39, 0.29) is 11.7 Å². The Balaban J connectivity index is 2.16. The molecule has 0 aliphatic carbocycles. The van der Waals surface area contributed by atoms with Crippen molar-refractivity contribution < 1.29 is 9.53 Å². The molecule has 1 aromatic rings. The van der Waals surface area contributed by atoms with E-state index >= 15 is 0 Å². The lowest BCUT2D eigenvalue weighted by atomic mass is 9.92. The molecule has 1 aliphatic rings. The number of carbonyl (C=O) groups is 1. The highest BCUT2D eigenvalue weighted by atomic mass is 35.5. The number of hydrogen-bond acceptors (Lipinski definition) is 3. The second-order valence-electron chi connectivity index (χ2n) is 4.01. The fourth-order valence-corrected chi connectivity index (χ4v) is 2.00. The predicted octanol–water partition coefficient (Wildman–Crippen LogP) is 2.53. The van der Waals surface area contributed by atoms with E-state index in [1.54, 1.807) is 18.2 Å². The van der Waals surface area contributed by atoms with Crippen LogP contribution in [0, 0.1) is 5.92 Å². The van der Waals surface area contributed by atoms with Crippen molar-refractivity contribution in [1.82, 2.24) is 0 Å². The van der Waals surface area contributed by atoms with Crippen LogP contribution in [0.5, 0.6) is 0 Å². The van der Waals surface area contributed by atoms with Crippen LogP contribution in [-0.2, 0) is 4.74 Å². The topological polar surface area (TPSA) is 52.3 Å². The molecule has 3 nitrogen and oxygen atoms in total. The van der Waals surface area contributed by atoms with Crippen LogP contribution in [0.2, 0.25) is 5.02 Å². The van der Waals surface area contributed by atoms with E-state index in [1.165, 1.54) is 0 Å². The number of carbonyl (C=O) groups excluding carboxylic acids is 1. The third-order valence-electron chi connectivity index (χ3n) is 2.81. The van der Waals surface area contributed by atoms with Crippen LogP contribution in [0.3, 0.4) is 0 Å². The van der Waals surface area contributed by atoms with Gasteiger partial charge in [0.25, 0.3) is 0 Å². The highest BCUT2D eigenvalue weighted by molar-refractivity contribution is 6.33. The first-order valence-electron chi connectivity index (χ1n) is 5.35. The summed E-state index contributed by atoms with van der Waals surface area (Å²) in [5.41, 5.74) is 6.74. The fourth-order valence-electron chi connectivity index (χ4n) is 1.88. The van der Waals surface area contributed by atoms with Crippen molar-refractivity contribution in [2.75, 3.05) is 18.9 Å². The zero-order valence-electron chi connectivity index (χ0n) is 8.91. The van der Waals surface area contributed by atoms with E-state index in [0.29, 0.717) is 22.9 Å². The molecule has 4 heteroatoms. The van der Waals surface area contributed by atoms with Crippen LogP contribution in [0.1, 0.15) is 23.2 Å². The van der Waals surface area contributed by atoms with Crippen molar-refractivity contribution in [3.05, 3.63) is 28.8 Å². The second-order valence-corrected chi connectivity index (χ2v) is 4.42. The van der Waals surface area contributed by atoms with Crippen LogP contribution in [0.25, 0.3) is 0 Å². The molecule has 86 valence electrons. The summed E-state index contributed by atoms with van der Waals surface area (Å²) in [5.74, 6) is 0.0670. The molecule has 0 amide bonds. The normalized spacial score (nSPS) is 20.7. The predicted molar refractivity (Wildman–Crippen MR) is 63.7 cm³/mol. The zero-order valence-corrected chi connectivity index (χ0v) is 9.67. The zero-order chi connectivity index (χ0) is 11.5. The summed E-state index contributed by atoms with van der Waals surface area (Å²) < 4.78 is 5.30. The van der Waals surface area contributed by atoms with E-state index in [0.717, 1.165) is 19.4 Å². The molecule has 2 N–H and O–H groups in total. The SMILES string of the molecule is Nc1cc(C(=O)C2CCCOC2)ccc1Cl.